The molecule has 0 bridgehead atoms. The third-order valence-electron chi connectivity index (χ3n) is 1.03. The van der Waals surface area contributed by atoms with E-state index < -0.39 is 0 Å². The van der Waals surface area contributed by atoms with Crippen LogP contribution in [0.5, 0.6) is 5.75 Å². The number of phenols is 1. The fourth-order valence-electron chi connectivity index (χ4n) is 0.545. The maximum absolute atomic E-state index is 8.76. The summed E-state index contributed by atoms with van der Waals surface area (Å²) in [6.07, 6.45) is 0. The van der Waals surface area contributed by atoms with E-state index in [0.29, 0.717) is 5.75 Å². The van der Waals surface area contributed by atoms with Crippen LogP contribution < -0.4 is 0 Å². The molecule has 0 unspecified atom stereocenters. The Bertz CT molecular complexity index is 159. The van der Waals surface area contributed by atoms with Crippen molar-refractivity contribution in [3.8, 4) is 5.75 Å². The van der Waals surface area contributed by atoms with Crippen LogP contribution in [0.4, 0.5) is 0 Å². The van der Waals surface area contributed by atoms with Gasteiger partial charge in [0.05, 0.1) is 0 Å². The summed E-state index contributed by atoms with van der Waals surface area (Å²) in [4.78, 5) is 8.00. The molecule has 12 heavy (non-hydrogen) atoms. The molecule has 0 radical (unpaired) electrons. The molecule has 0 fully saturated rings. The molecule has 0 heterocycles. The molecular formula is C10H16O2. The van der Waals surface area contributed by atoms with Gasteiger partial charge >= 0.3 is 0 Å². The Morgan fingerprint density at radius 1 is 1.08 bits per heavy atom. The first-order valence-corrected chi connectivity index (χ1v) is 3.83. The molecule has 68 valence electrons. The molecule has 0 amide bonds. The highest BCUT2D eigenvalue weighted by atomic mass is 16.3. The smallest absolute Gasteiger partial charge is 0.115 e. The number of aromatic hydroxyl groups is 1. The topological polar surface area (TPSA) is 37.3 Å². The average molecular weight is 168 g/mol. The quantitative estimate of drug-likeness (QED) is 0.646. The lowest BCUT2D eigenvalue weighted by Gasteiger charge is -1.89. The van der Waals surface area contributed by atoms with Gasteiger partial charge in [0.15, 0.2) is 0 Å². The van der Waals surface area contributed by atoms with Crippen molar-refractivity contribution in [2.24, 2.45) is 0 Å². The predicted molar refractivity (Wildman–Crippen MR) is 51.3 cm³/mol. The molecule has 1 aromatic rings. The molecule has 0 saturated carbocycles. The van der Waals surface area contributed by atoms with Gasteiger partial charge < -0.3 is 9.90 Å². The fraction of sp³-hybridized carbons (Fsp3) is 0.300. The second-order valence-electron chi connectivity index (χ2n) is 1.84. The summed E-state index contributed by atoms with van der Waals surface area (Å²) in [5.41, 5.74) is 1.17. The second-order valence-corrected chi connectivity index (χ2v) is 1.84. The van der Waals surface area contributed by atoms with E-state index in [0.717, 1.165) is 0 Å². The van der Waals surface area contributed by atoms with Crippen LogP contribution in [0.15, 0.2) is 24.3 Å². The predicted octanol–water partition coefficient (Wildman–Crippen LogP) is 2.54. The van der Waals surface area contributed by atoms with Crippen LogP contribution in [-0.2, 0) is 4.79 Å². The first-order valence-electron chi connectivity index (χ1n) is 3.83. The first kappa shape index (κ1) is 13.3. The maximum atomic E-state index is 8.76. The van der Waals surface area contributed by atoms with Gasteiger partial charge in [-0.25, -0.2) is 0 Å². The molecular weight excluding hydrogens is 152 g/mol. The van der Waals surface area contributed by atoms with Crippen molar-refractivity contribution in [2.45, 2.75) is 20.8 Å². The Morgan fingerprint density at radius 2 is 1.42 bits per heavy atom. The number of benzene rings is 1. The highest BCUT2D eigenvalue weighted by Gasteiger charge is 1.82. The molecule has 2 nitrogen and oxygen atoms in total. The minimum atomic E-state index is 0.329. The highest BCUT2D eigenvalue weighted by Crippen LogP contribution is 2.07. The van der Waals surface area contributed by atoms with Crippen molar-refractivity contribution < 1.29 is 9.90 Å². The van der Waals surface area contributed by atoms with Gasteiger partial charge in [-0.1, -0.05) is 31.5 Å². The monoisotopic (exact) mass is 168 g/mol. The average Bonchev–Trinajstić information content (AvgIpc) is 2.17. The third kappa shape index (κ3) is 6.81. The van der Waals surface area contributed by atoms with Crippen molar-refractivity contribution in [3.63, 3.8) is 0 Å². The van der Waals surface area contributed by atoms with Gasteiger partial charge in [0.25, 0.3) is 0 Å². The van der Waals surface area contributed by atoms with Crippen molar-refractivity contribution >= 4 is 6.79 Å². The number of hydrogen-bond acceptors (Lipinski definition) is 2. The van der Waals surface area contributed by atoms with Crippen LogP contribution in [0.25, 0.3) is 0 Å². The molecule has 0 aliphatic heterocycles. The molecule has 0 saturated heterocycles. The molecule has 1 rings (SSSR count). The lowest BCUT2D eigenvalue weighted by Crippen LogP contribution is -1.66. The van der Waals surface area contributed by atoms with Gasteiger partial charge in [-0.2, -0.15) is 0 Å². The lowest BCUT2D eigenvalue weighted by atomic mass is 10.2. The van der Waals surface area contributed by atoms with Crippen molar-refractivity contribution in [3.05, 3.63) is 29.8 Å². The molecule has 0 aliphatic carbocycles. The van der Waals surface area contributed by atoms with E-state index >= 15 is 0 Å². The largest absolute Gasteiger partial charge is 0.508 e. The van der Waals surface area contributed by atoms with Crippen LogP contribution >= 0.6 is 0 Å². The normalized spacial score (nSPS) is 6.92. The number of rotatable bonds is 0. The lowest BCUT2D eigenvalue weighted by molar-refractivity contribution is -0.0979. The Labute approximate surface area is 73.9 Å². The van der Waals surface area contributed by atoms with Crippen molar-refractivity contribution in [1.29, 1.82) is 0 Å². The van der Waals surface area contributed by atoms with Crippen LogP contribution in [0.1, 0.15) is 19.4 Å². The van der Waals surface area contributed by atoms with Crippen molar-refractivity contribution in [1.82, 2.24) is 0 Å². The Hall–Kier alpha value is -1.31. The summed E-state index contributed by atoms with van der Waals surface area (Å²) < 4.78 is 0. The SMILES string of the molecule is C=O.CC.Cc1ccc(O)cc1. The molecule has 1 aromatic carbocycles. The van der Waals surface area contributed by atoms with Crippen LogP contribution in [0.2, 0.25) is 0 Å². The van der Waals surface area contributed by atoms with E-state index in [1.54, 1.807) is 12.1 Å². The maximum Gasteiger partial charge on any atom is 0.115 e. The van der Waals surface area contributed by atoms with E-state index in [-0.39, 0.29) is 0 Å². The summed E-state index contributed by atoms with van der Waals surface area (Å²) in [6.45, 7) is 7.99. The van der Waals surface area contributed by atoms with Gasteiger partial charge in [0.1, 0.15) is 12.5 Å². The zero-order valence-corrected chi connectivity index (χ0v) is 7.87. The Morgan fingerprint density at radius 3 is 1.67 bits per heavy atom. The van der Waals surface area contributed by atoms with E-state index in [1.165, 1.54) is 5.56 Å². The van der Waals surface area contributed by atoms with Crippen LogP contribution in [-0.4, -0.2) is 11.9 Å². The number of carbonyl (C=O) groups excluding carboxylic acids is 1. The van der Waals surface area contributed by atoms with Gasteiger partial charge in [-0.15, -0.1) is 0 Å². The summed E-state index contributed by atoms with van der Waals surface area (Å²) >= 11 is 0. The summed E-state index contributed by atoms with van der Waals surface area (Å²) in [7, 11) is 0. The van der Waals surface area contributed by atoms with E-state index in [9.17, 15) is 0 Å². The molecule has 0 aliphatic rings. The minimum absolute atomic E-state index is 0.329. The zero-order valence-electron chi connectivity index (χ0n) is 7.87. The molecule has 1 N–H and O–H groups in total. The summed E-state index contributed by atoms with van der Waals surface area (Å²) in [5.74, 6) is 0.329. The number of carbonyl (C=O) groups is 1. The van der Waals surface area contributed by atoms with E-state index in [2.05, 4.69) is 0 Å². The molecule has 0 aromatic heterocycles. The Kier molecular flexibility index (Phi) is 10.7. The molecule has 0 atom stereocenters. The highest BCUT2D eigenvalue weighted by molar-refractivity contribution is 5.24. The second kappa shape index (κ2) is 9.69. The standard InChI is InChI=1S/C7H8O.C2H6.CH2O/c1-6-2-4-7(8)5-3-6;2*1-2/h2-5,8H,1H3;1-2H3;1H2. The minimum Gasteiger partial charge on any atom is -0.508 e. The summed E-state index contributed by atoms with van der Waals surface area (Å²) in [5, 5.41) is 8.76. The van der Waals surface area contributed by atoms with Gasteiger partial charge in [0.2, 0.25) is 0 Å². The van der Waals surface area contributed by atoms with Crippen LogP contribution in [0, 0.1) is 6.92 Å². The first-order chi connectivity index (χ1) is 5.79. The summed E-state index contributed by atoms with van der Waals surface area (Å²) in [6, 6.07) is 7.09. The fourth-order valence-corrected chi connectivity index (χ4v) is 0.545. The van der Waals surface area contributed by atoms with Gasteiger partial charge in [-0.3, -0.25) is 0 Å². The zero-order chi connectivity index (χ0) is 9.98. The van der Waals surface area contributed by atoms with E-state index in [1.807, 2.05) is 39.7 Å². The number of hydrogen-bond donors (Lipinski definition) is 1. The van der Waals surface area contributed by atoms with Crippen LogP contribution in [0.3, 0.4) is 0 Å². The number of phenolic OH excluding ortho intramolecular Hbond substituents is 1. The van der Waals surface area contributed by atoms with E-state index in [4.69, 9.17) is 9.90 Å². The Balaban J connectivity index is 0. The third-order valence-corrected chi connectivity index (χ3v) is 1.03. The van der Waals surface area contributed by atoms with Crippen molar-refractivity contribution in [2.75, 3.05) is 0 Å². The van der Waals surface area contributed by atoms with Gasteiger partial charge in [0, 0.05) is 0 Å². The molecule has 2 heteroatoms. The van der Waals surface area contributed by atoms with Gasteiger partial charge in [-0.05, 0) is 19.1 Å². The number of aryl methyl sites for hydroxylation is 1. The molecule has 0 spiro atoms.